The number of benzene rings is 1. The van der Waals surface area contributed by atoms with Crippen molar-refractivity contribution in [3.8, 4) is 11.1 Å². The maximum absolute atomic E-state index is 9.64. The van der Waals surface area contributed by atoms with Gasteiger partial charge in [0.25, 0.3) is 0 Å². The average molecular weight is 303 g/mol. The predicted octanol–water partition coefficient (Wildman–Crippen LogP) is 1.96. The van der Waals surface area contributed by atoms with Crippen LogP contribution in [-0.2, 0) is 0 Å². The minimum atomic E-state index is -3.03. The Labute approximate surface area is 99.6 Å². The van der Waals surface area contributed by atoms with E-state index in [2.05, 4.69) is 15.1 Å². The Bertz CT molecular complexity index is 503. The van der Waals surface area contributed by atoms with Crippen molar-refractivity contribution in [2.75, 3.05) is 0 Å². The SMILES string of the molecule is OP(O)(=[Se])c1sccc1-c1ccccc1. The van der Waals surface area contributed by atoms with Crippen LogP contribution in [0.25, 0.3) is 11.1 Å². The molecule has 0 saturated heterocycles. The minimum absolute atomic E-state index is 0.633. The molecule has 0 aliphatic rings. The molecule has 15 heavy (non-hydrogen) atoms. The Morgan fingerprint density at radius 2 is 1.73 bits per heavy atom. The monoisotopic (exact) mass is 304 g/mol. The van der Waals surface area contributed by atoms with Crippen LogP contribution in [0, 0.1) is 0 Å². The molecule has 1 heterocycles. The van der Waals surface area contributed by atoms with Gasteiger partial charge >= 0.3 is 99.7 Å². The van der Waals surface area contributed by atoms with E-state index in [1.807, 2.05) is 41.8 Å². The molecular weight excluding hydrogens is 294 g/mol. The summed E-state index contributed by atoms with van der Waals surface area (Å²) in [4.78, 5) is 19.3. The standard InChI is InChI=1S/C10H9O2PSSe/c11-13(12,15)10-9(6-7-14-10)8-4-2-1-3-5-8/h1-7H,(H2,11,12,15). The summed E-state index contributed by atoms with van der Waals surface area (Å²) in [5.41, 5.74) is 1.91. The predicted molar refractivity (Wildman–Crippen MR) is 66.5 cm³/mol. The van der Waals surface area contributed by atoms with Crippen LogP contribution in [-0.4, -0.2) is 24.9 Å². The number of thiophene rings is 1. The quantitative estimate of drug-likeness (QED) is 0.658. The van der Waals surface area contributed by atoms with E-state index in [0.29, 0.717) is 4.62 Å². The van der Waals surface area contributed by atoms with E-state index in [9.17, 15) is 9.79 Å². The van der Waals surface area contributed by atoms with Crippen molar-refractivity contribution in [3.63, 3.8) is 0 Å². The van der Waals surface area contributed by atoms with Crippen molar-refractivity contribution in [1.29, 1.82) is 0 Å². The molecule has 0 atom stereocenters. The van der Waals surface area contributed by atoms with E-state index < -0.39 is 5.96 Å². The molecule has 0 spiro atoms. The zero-order valence-corrected chi connectivity index (χ0v) is 11.1. The van der Waals surface area contributed by atoms with Gasteiger partial charge in [-0.15, -0.1) is 0 Å². The Balaban J connectivity index is 2.56. The van der Waals surface area contributed by atoms with Crippen molar-refractivity contribution in [3.05, 3.63) is 41.8 Å². The molecule has 0 amide bonds. The van der Waals surface area contributed by atoms with Gasteiger partial charge in [-0.1, -0.05) is 0 Å². The number of hydrogen-bond donors (Lipinski definition) is 2. The zero-order chi connectivity index (χ0) is 10.9. The molecular formula is C10H9O2PSSe. The summed E-state index contributed by atoms with van der Waals surface area (Å²) < 4.78 is 0.633. The van der Waals surface area contributed by atoms with Gasteiger partial charge in [-0.3, -0.25) is 0 Å². The van der Waals surface area contributed by atoms with E-state index in [1.54, 1.807) is 0 Å². The van der Waals surface area contributed by atoms with Gasteiger partial charge < -0.3 is 0 Å². The molecule has 5 heteroatoms. The van der Waals surface area contributed by atoms with E-state index in [1.165, 1.54) is 11.3 Å². The first-order chi connectivity index (χ1) is 7.09. The number of rotatable bonds is 2. The van der Waals surface area contributed by atoms with Crippen molar-refractivity contribution < 1.29 is 9.79 Å². The second-order valence-corrected chi connectivity index (χ2v) is 9.01. The van der Waals surface area contributed by atoms with Crippen LogP contribution >= 0.6 is 17.3 Å². The maximum atomic E-state index is 9.64. The summed E-state index contributed by atoms with van der Waals surface area (Å²) in [6, 6.07) is 11.6. The first-order valence-electron chi connectivity index (χ1n) is 4.28. The van der Waals surface area contributed by atoms with Gasteiger partial charge in [0.2, 0.25) is 0 Å². The van der Waals surface area contributed by atoms with Crippen molar-refractivity contribution in [1.82, 2.24) is 0 Å². The zero-order valence-electron chi connectivity index (χ0n) is 7.70. The van der Waals surface area contributed by atoms with Gasteiger partial charge in [0.05, 0.1) is 0 Å². The molecule has 0 saturated carbocycles. The third kappa shape index (κ3) is 2.48. The van der Waals surface area contributed by atoms with Crippen molar-refractivity contribution in [2.24, 2.45) is 0 Å². The summed E-state index contributed by atoms with van der Waals surface area (Å²) in [5.74, 6) is -3.03. The summed E-state index contributed by atoms with van der Waals surface area (Å²) in [7, 11) is 0. The van der Waals surface area contributed by atoms with Crippen LogP contribution in [0.2, 0.25) is 0 Å². The van der Waals surface area contributed by atoms with Crippen LogP contribution in [0.4, 0.5) is 0 Å². The fraction of sp³-hybridized carbons (Fsp3) is 0. The van der Waals surface area contributed by atoms with E-state index in [0.717, 1.165) is 11.1 Å². The second kappa shape index (κ2) is 4.34. The molecule has 0 aliphatic heterocycles. The van der Waals surface area contributed by atoms with Crippen molar-refractivity contribution in [2.45, 2.75) is 0 Å². The molecule has 2 nitrogen and oxygen atoms in total. The van der Waals surface area contributed by atoms with E-state index >= 15 is 0 Å². The molecule has 1 aromatic carbocycles. The van der Waals surface area contributed by atoms with Crippen LogP contribution in [0.15, 0.2) is 41.8 Å². The molecule has 0 bridgehead atoms. The number of hydrogen-bond acceptors (Lipinski definition) is 3. The third-order valence-electron chi connectivity index (χ3n) is 1.99. The Morgan fingerprint density at radius 1 is 1.07 bits per heavy atom. The fourth-order valence-corrected chi connectivity index (χ4v) is 4.69. The van der Waals surface area contributed by atoms with Gasteiger partial charge in [-0.2, -0.15) is 0 Å². The second-order valence-electron chi connectivity index (χ2n) is 3.05. The fourth-order valence-electron chi connectivity index (χ4n) is 1.36. The summed E-state index contributed by atoms with van der Waals surface area (Å²) in [5, 5.41) is 1.87. The topological polar surface area (TPSA) is 40.5 Å². The van der Waals surface area contributed by atoms with Crippen LogP contribution in [0.1, 0.15) is 0 Å². The van der Waals surface area contributed by atoms with Crippen LogP contribution in [0.5, 0.6) is 0 Å². The molecule has 2 aromatic rings. The summed E-state index contributed by atoms with van der Waals surface area (Å²) >= 11 is 3.83. The summed E-state index contributed by atoms with van der Waals surface area (Å²) in [6.45, 7) is 0. The van der Waals surface area contributed by atoms with Gasteiger partial charge in [0, 0.05) is 0 Å². The van der Waals surface area contributed by atoms with Crippen LogP contribution < -0.4 is 4.62 Å². The van der Waals surface area contributed by atoms with Crippen LogP contribution in [0.3, 0.4) is 0 Å². The first-order valence-corrected chi connectivity index (χ1v) is 9.07. The molecule has 0 unspecified atom stereocenters. The van der Waals surface area contributed by atoms with Crippen molar-refractivity contribution >= 4 is 37.0 Å². The molecule has 0 fully saturated rings. The Morgan fingerprint density at radius 3 is 2.33 bits per heavy atom. The van der Waals surface area contributed by atoms with Gasteiger partial charge in [-0.05, 0) is 0 Å². The Hall–Kier alpha value is -0.211. The van der Waals surface area contributed by atoms with Gasteiger partial charge in [-0.25, -0.2) is 0 Å². The third-order valence-corrected chi connectivity index (χ3v) is 6.49. The summed E-state index contributed by atoms with van der Waals surface area (Å²) in [6.07, 6.45) is 0. The Kier molecular flexibility index (Phi) is 3.27. The normalized spacial score (nSPS) is 11.6. The molecule has 2 rings (SSSR count). The van der Waals surface area contributed by atoms with E-state index in [-0.39, 0.29) is 0 Å². The molecule has 0 radical (unpaired) electrons. The molecule has 78 valence electrons. The molecule has 2 N–H and O–H groups in total. The van der Waals surface area contributed by atoms with E-state index in [4.69, 9.17) is 0 Å². The molecule has 1 aromatic heterocycles. The van der Waals surface area contributed by atoms with Gasteiger partial charge in [0.15, 0.2) is 0 Å². The average Bonchev–Trinajstić information content (AvgIpc) is 2.67. The molecule has 0 aliphatic carbocycles. The van der Waals surface area contributed by atoms with Gasteiger partial charge in [0.1, 0.15) is 0 Å². The first kappa shape index (κ1) is 11.3.